The molecular formula is C22H32N4O3. The molecule has 1 saturated heterocycles. The van der Waals surface area contributed by atoms with Crippen LogP contribution in [0.15, 0.2) is 29.8 Å². The Morgan fingerprint density at radius 3 is 2.52 bits per heavy atom. The van der Waals surface area contributed by atoms with Gasteiger partial charge in [-0.3, -0.25) is 9.69 Å². The van der Waals surface area contributed by atoms with E-state index in [1.54, 1.807) is 6.92 Å². The van der Waals surface area contributed by atoms with Crippen molar-refractivity contribution in [3.63, 3.8) is 0 Å². The molecule has 7 nitrogen and oxygen atoms in total. The molecule has 3 N–H and O–H groups in total. The minimum atomic E-state index is -0.581. The lowest BCUT2D eigenvalue weighted by molar-refractivity contribution is -0.118. The fourth-order valence-corrected chi connectivity index (χ4v) is 3.18. The van der Waals surface area contributed by atoms with E-state index >= 15 is 0 Å². The van der Waals surface area contributed by atoms with E-state index in [9.17, 15) is 10.1 Å². The Morgan fingerprint density at radius 2 is 1.93 bits per heavy atom. The number of morpholine rings is 1. The maximum atomic E-state index is 12.5. The molecule has 2 rings (SSSR count). The number of allylic oxidation sites excluding steroid dienone is 1. The second-order valence-corrected chi connectivity index (χ2v) is 7.88. The van der Waals surface area contributed by atoms with E-state index in [-0.39, 0.29) is 12.2 Å². The highest BCUT2D eigenvalue weighted by molar-refractivity contribution is 6.04. The van der Waals surface area contributed by atoms with Crippen LogP contribution in [0.5, 0.6) is 0 Å². The average molecular weight is 401 g/mol. The second kappa shape index (κ2) is 11.0. The molecule has 0 radical (unpaired) electrons. The number of anilines is 1. The van der Waals surface area contributed by atoms with Gasteiger partial charge in [-0.1, -0.05) is 12.1 Å². The number of rotatable bonds is 9. The van der Waals surface area contributed by atoms with Gasteiger partial charge < -0.3 is 20.5 Å². The number of amides is 1. The average Bonchev–Trinajstić information content (AvgIpc) is 2.69. The normalized spacial score (nSPS) is 16.0. The molecule has 1 aromatic rings. The maximum absolute atomic E-state index is 12.5. The molecular weight excluding hydrogens is 368 g/mol. The van der Waals surface area contributed by atoms with Crippen molar-refractivity contribution in [1.82, 2.24) is 10.2 Å². The first kappa shape index (κ1) is 22.9. The van der Waals surface area contributed by atoms with Crippen molar-refractivity contribution < 1.29 is 14.6 Å². The van der Waals surface area contributed by atoms with Crippen molar-refractivity contribution >= 4 is 17.2 Å². The van der Waals surface area contributed by atoms with Gasteiger partial charge in [0.15, 0.2) is 0 Å². The Morgan fingerprint density at radius 1 is 1.28 bits per heavy atom. The molecule has 1 aromatic carbocycles. The summed E-state index contributed by atoms with van der Waals surface area (Å²) in [6, 6.07) is 9.77. The summed E-state index contributed by atoms with van der Waals surface area (Å²) in [7, 11) is 0. The van der Waals surface area contributed by atoms with Crippen LogP contribution in [0.1, 0.15) is 32.8 Å². The van der Waals surface area contributed by atoms with E-state index in [0.29, 0.717) is 12.0 Å². The van der Waals surface area contributed by atoms with Crippen molar-refractivity contribution in [2.24, 2.45) is 0 Å². The second-order valence-electron chi connectivity index (χ2n) is 7.88. The molecule has 0 unspecified atom stereocenters. The number of nitrogens with zero attached hydrogens (tertiary/aromatic N) is 2. The maximum Gasteiger partial charge on any atom is 0.262 e. The highest BCUT2D eigenvalue weighted by atomic mass is 16.5. The van der Waals surface area contributed by atoms with Crippen LogP contribution in [-0.4, -0.2) is 67.5 Å². The molecule has 7 heteroatoms. The highest BCUT2D eigenvalue weighted by Gasteiger charge is 2.23. The minimum Gasteiger partial charge on any atom is -0.396 e. The first-order valence-corrected chi connectivity index (χ1v) is 10.0. The molecule has 158 valence electrons. The third-order valence-corrected chi connectivity index (χ3v) is 5.08. The number of benzene rings is 1. The summed E-state index contributed by atoms with van der Waals surface area (Å²) >= 11 is 0. The predicted octanol–water partition coefficient (Wildman–Crippen LogP) is 2.00. The fourth-order valence-electron chi connectivity index (χ4n) is 3.18. The van der Waals surface area contributed by atoms with Gasteiger partial charge in [-0.2, -0.15) is 5.26 Å². The molecule has 0 atom stereocenters. The van der Waals surface area contributed by atoms with Gasteiger partial charge in [-0.25, -0.2) is 0 Å². The van der Waals surface area contributed by atoms with Crippen molar-refractivity contribution in [1.29, 1.82) is 5.26 Å². The fraction of sp³-hybridized carbons (Fsp3) is 0.545. The Hall–Kier alpha value is -2.40. The van der Waals surface area contributed by atoms with Gasteiger partial charge in [0.2, 0.25) is 0 Å². The summed E-state index contributed by atoms with van der Waals surface area (Å²) in [6.45, 7) is 10.7. The van der Waals surface area contributed by atoms with Crippen LogP contribution < -0.4 is 10.6 Å². The number of nitriles is 1. The number of nitrogens with one attached hydrogen (secondary N) is 2. The predicted molar refractivity (Wildman–Crippen MR) is 114 cm³/mol. The van der Waals surface area contributed by atoms with Crippen molar-refractivity contribution in [3.05, 3.63) is 35.4 Å². The van der Waals surface area contributed by atoms with Gasteiger partial charge in [0.1, 0.15) is 11.6 Å². The lowest BCUT2D eigenvalue weighted by Gasteiger charge is -2.26. The van der Waals surface area contributed by atoms with Crippen molar-refractivity contribution in [2.75, 3.05) is 51.3 Å². The molecule has 0 aromatic heterocycles. The van der Waals surface area contributed by atoms with Gasteiger partial charge in [0.25, 0.3) is 5.91 Å². The van der Waals surface area contributed by atoms with E-state index in [2.05, 4.69) is 15.5 Å². The number of ether oxygens (including phenoxy) is 1. The van der Waals surface area contributed by atoms with Crippen LogP contribution in [0.2, 0.25) is 0 Å². The van der Waals surface area contributed by atoms with Crippen LogP contribution in [0.3, 0.4) is 0 Å². The third-order valence-electron chi connectivity index (χ3n) is 5.08. The largest absolute Gasteiger partial charge is 0.396 e. The summed E-state index contributed by atoms with van der Waals surface area (Å²) < 4.78 is 5.36. The third kappa shape index (κ3) is 7.17. The summed E-state index contributed by atoms with van der Waals surface area (Å²) in [5.41, 5.74) is 1.97. The first-order chi connectivity index (χ1) is 13.9. The van der Waals surface area contributed by atoms with E-state index in [0.717, 1.165) is 50.6 Å². The zero-order valence-corrected chi connectivity index (χ0v) is 17.6. The Kier molecular flexibility index (Phi) is 8.65. The molecule has 1 amide bonds. The molecule has 1 heterocycles. The van der Waals surface area contributed by atoms with E-state index in [1.165, 1.54) is 0 Å². The summed E-state index contributed by atoms with van der Waals surface area (Å²) in [5.74, 6) is -0.420. The quantitative estimate of drug-likeness (QED) is 0.433. The SMILES string of the molecule is CC(=C(C#N)C(=O)NC(C)(C)CCO)c1ccc(NCCN2CCOCC2)cc1. The van der Waals surface area contributed by atoms with Gasteiger partial charge in [-0.05, 0) is 50.5 Å². The van der Waals surface area contributed by atoms with Gasteiger partial charge in [0, 0.05) is 44.0 Å². The number of aliphatic hydroxyl groups is 1. The molecule has 1 aliphatic heterocycles. The monoisotopic (exact) mass is 400 g/mol. The zero-order valence-electron chi connectivity index (χ0n) is 17.6. The van der Waals surface area contributed by atoms with E-state index in [1.807, 2.05) is 44.2 Å². The van der Waals surface area contributed by atoms with Gasteiger partial charge in [0.05, 0.1) is 13.2 Å². The van der Waals surface area contributed by atoms with E-state index < -0.39 is 11.4 Å². The van der Waals surface area contributed by atoms with E-state index in [4.69, 9.17) is 9.84 Å². The number of carbonyl (C=O) groups is 1. The Labute approximate surface area is 173 Å². The number of hydrogen-bond acceptors (Lipinski definition) is 6. The summed E-state index contributed by atoms with van der Waals surface area (Å²) in [4.78, 5) is 14.9. The smallest absolute Gasteiger partial charge is 0.262 e. The molecule has 0 saturated carbocycles. The molecule has 0 aliphatic carbocycles. The van der Waals surface area contributed by atoms with Crippen LogP contribution in [0, 0.1) is 11.3 Å². The zero-order chi connectivity index (χ0) is 21.3. The van der Waals surface area contributed by atoms with Crippen LogP contribution in [-0.2, 0) is 9.53 Å². The Balaban J connectivity index is 1.98. The van der Waals surface area contributed by atoms with Crippen molar-refractivity contribution in [2.45, 2.75) is 32.7 Å². The number of carbonyl (C=O) groups excluding carboxylic acids is 1. The Bertz CT molecular complexity index is 744. The summed E-state index contributed by atoms with van der Waals surface area (Å²) in [6.07, 6.45) is 0.418. The van der Waals surface area contributed by atoms with Crippen molar-refractivity contribution in [3.8, 4) is 6.07 Å². The van der Waals surface area contributed by atoms with Crippen LogP contribution in [0.4, 0.5) is 5.69 Å². The lowest BCUT2D eigenvalue weighted by Crippen LogP contribution is -2.44. The van der Waals surface area contributed by atoms with Crippen LogP contribution in [0.25, 0.3) is 5.57 Å². The highest BCUT2D eigenvalue weighted by Crippen LogP contribution is 2.21. The summed E-state index contributed by atoms with van der Waals surface area (Å²) in [5, 5.41) is 24.8. The molecule has 0 bridgehead atoms. The van der Waals surface area contributed by atoms with Crippen LogP contribution >= 0.6 is 0 Å². The van der Waals surface area contributed by atoms with Gasteiger partial charge >= 0.3 is 0 Å². The van der Waals surface area contributed by atoms with Gasteiger partial charge in [-0.15, -0.1) is 0 Å². The number of hydrogen-bond donors (Lipinski definition) is 3. The molecule has 1 fully saturated rings. The standard InChI is InChI=1S/C22H32N4O3/c1-17(20(16-23)21(28)25-22(2,3)8-13-27)18-4-6-19(7-5-18)24-9-10-26-11-14-29-15-12-26/h4-7,24,27H,8-15H2,1-3H3,(H,25,28). The number of aliphatic hydroxyl groups excluding tert-OH is 1. The molecule has 1 aliphatic rings. The first-order valence-electron chi connectivity index (χ1n) is 10.0. The topological polar surface area (TPSA) is 97.6 Å². The lowest BCUT2D eigenvalue weighted by atomic mass is 9.98. The molecule has 29 heavy (non-hydrogen) atoms. The minimum absolute atomic E-state index is 0.0299. The molecule has 0 spiro atoms.